The third-order valence-electron chi connectivity index (χ3n) is 3.04. The molecule has 3 nitrogen and oxygen atoms in total. The molecule has 0 amide bonds. The number of methoxy groups -OCH3 is 1. The fourth-order valence-corrected chi connectivity index (χ4v) is 1.81. The Hall–Kier alpha value is -1.58. The van der Waals surface area contributed by atoms with Crippen LogP contribution in [0.25, 0.3) is 11.3 Å². The monoisotopic (exact) mass is 245 g/mol. The first-order chi connectivity index (χ1) is 8.74. The van der Waals surface area contributed by atoms with Crippen molar-refractivity contribution in [2.45, 2.75) is 19.6 Å². The standard InChI is InChI=1S/C15H19NO2/c1-11(16-2)14-8-9-15(18-14)13-6-4-12(5-7-13)10-17-3/h4-9,11,16H,10H2,1-3H3. The molecule has 0 fully saturated rings. The Labute approximate surface area is 108 Å². The molecule has 1 N–H and O–H groups in total. The van der Waals surface area contributed by atoms with Crippen molar-refractivity contribution < 1.29 is 9.15 Å². The van der Waals surface area contributed by atoms with Crippen LogP contribution >= 0.6 is 0 Å². The summed E-state index contributed by atoms with van der Waals surface area (Å²) < 4.78 is 10.9. The third-order valence-corrected chi connectivity index (χ3v) is 3.04. The summed E-state index contributed by atoms with van der Waals surface area (Å²) in [4.78, 5) is 0. The molecule has 1 atom stereocenters. The lowest BCUT2D eigenvalue weighted by Crippen LogP contribution is -2.10. The van der Waals surface area contributed by atoms with E-state index in [4.69, 9.17) is 9.15 Å². The zero-order valence-electron chi connectivity index (χ0n) is 11.1. The van der Waals surface area contributed by atoms with E-state index in [1.54, 1.807) is 7.11 Å². The van der Waals surface area contributed by atoms with Gasteiger partial charge in [-0.25, -0.2) is 0 Å². The summed E-state index contributed by atoms with van der Waals surface area (Å²) >= 11 is 0. The smallest absolute Gasteiger partial charge is 0.134 e. The van der Waals surface area contributed by atoms with Gasteiger partial charge < -0.3 is 14.5 Å². The van der Waals surface area contributed by atoms with E-state index in [0.717, 1.165) is 22.6 Å². The fraction of sp³-hybridized carbons (Fsp3) is 0.333. The highest BCUT2D eigenvalue weighted by atomic mass is 16.5. The number of hydrogen-bond donors (Lipinski definition) is 1. The van der Waals surface area contributed by atoms with Crippen LogP contribution in [0, 0.1) is 0 Å². The van der Waals surface area contributed by atoms with Gasteiger partial charge in [-0.05, 0) is 31.7 Å². The second-order valence-corrected chi connectivity index (χ2v) is 4.34. The molecule has 3 heteroatoms. The van der Waals surface area contributed by atoms with Crippen molar-refractivity contribution in [2.75, 3.05) is 14.2 Å². The van der Waals surface area contributed by atoms with Gasteiger partial charge in [-0.1, -0.05) is 24.3 Å². The molecule has 0 aliphatic carbocycles. The van der Waals surface area contributed by atoms with Crippen molar-refractivity contribution in [3.63, 3.8) is 0 Å². The molecular formula is C15H19NO2. The van der Waals surface area contributed by atoms with Crippen LogP contribution in [0.5, 0.6) is 0 Å². The molecule has 0 saturated heterocycles. The molecule has 1 heterocycles. The van der Waals surface area contributed by atoms with Crippen molar-refractivity contribution in [3.8, 4) is 11.3 Å². The Morgan fingerprint density at radius 1 is 1.17 bits per heavy atom. The molecule has 2 rings (SSSR count). The largest absolute Gasteiger partial charge is 0.459 e. The van der Waals surface area contributed by atoms with Gasteiger partial charge in [0.1, 0.15) is 11.5 Å². The maximum atomic E-state index is 5.83. The first-order valence-corrected chi connectivity index (χ1v) is 6.10. The van der Waals surface area contributed by atoms with Gasteiger partial charge in [-0.15, -0.1) is 0 Å². The molecule has 0 bridgehead atoms. The average molecular weight is 245 g/mol. The second kappa shape index (κ2) is 5.85. The summed E-state index contributed by atoms with van der Waals surface area (Å²) in [6.45, 7) is 2.71. The maximum absolute atomic E-state index is 5.83. The molecular weight excluding hydrogens is 226 g/mol. The minimum atomic E-state index is 0.228. The Balaban J connectivity index is 2.18. The zero-order chi connectivity index (χ0) is 13.0. The number of nitrogens with one attached hydrogen (secondary N) is 1. The van der Waals surface area contributed by atoms with Crippen LogP contribution in [-0.4, -0.2) is 14.2 Å². The van der Waals surface area contributed by atoms with Crippen LogP contribution in [0.3, 0.4) is 0 Å². The molecule has 0 aliphatic heterocycles. The van der Waals surface area contributed by atoms with Crippen molar-refractivity contribution in [3.05, 3.63) is 47.7 Å². The average Bonchev–Trinajstić information content (AvgIpc) is 2.89. The molecule has 1 aromatic carbocycles. The van der Waals surface area contributed by atoms with Crippen LogP contribution in [0.15, 0.2) is 40.8 Å². The zero-order valence-corrected chi connectivity index (χ0v) is 11.1. The molecule has 1 unspecified atom stereocenters. The number of furan rings is 1. The Morgan fingerprint density at radius 3 is 2.50 bits per heavy atom. The van der Waals surface area contributed by atoms with Crippen molar-refractivity contribution in [1.82, 2.24) is 5.32 Å². The van der Waals surface area contributed by atoms with Crippen molar-refractivity contribution in [1.29, 1.82) is 0 Å². The molecule has 18 heavy (non-hydrogen) atoms. The molecule has 0 spiro atoms. The van der Waals surface area contributed by atoms with Gasteiger partial charge in [0.25, 0.3) is 0 Å². The molecule has 1 aromatic heterocycles. The highest BCUT2D eigenvalue weighted by molar-refractivity contribution is 5.58. The van der Waals surface area contributed by atoms with E-state index in [-0.39, 0.29) is 6.04 Å². The van der Waals surface area contributed by atoms with E-state index in [9.17, 15) is 0 Å². The van der Waals surface area contributed by atoms with E-state index < -0.39 is 0 Å². The predicted octanol–water partition coefficient (Wildman–Crippen LogP) is 3.37. The lowest BCUT2D eigenvalue weighted by molar-refractivity contribution is 0.185. The van der Waals surface area contributed by atoms with E-state index in [1.807, 2.05) is 19.2 Å². The van der Waals surface area contributed by atoms with Crippen molar-refractivity contribution >= 4 is 0 Å². The van der Waals surface area contributed by atoms with Crippen molar-refractivity contribution in [2.24, 2.45) is 0 Å². The third kappa shape index (κ3) is 2.81. The van der Waals surface area contributed by atoms with E-state index in [1.165, 1.54) is 0 Å². The van der Waals surface area contributed by atoms with Crippen LogP contribution in [0.2, 0.25) is 0 Å². The summed E-state index contributed by atoms with van der Waals surface area (Å²) in [7, 11) is 3.62. The molecule has 0 saturated carbocycles. The highest BCUT2D eigenvalue weighted by Gasteiger charge is 2.09. The van der Waals surface area contributed by atoms with Crippen LogP contribution in [0.1, 0.15) is 24.3 Å². The Morgan fingerprint density at radius 2 is 1.89 bits per heavy atom. The van der Waals surface area contributed by atoms with Crippen LogP contribution in [-0.2, 0) is 11.3 Å². The van der Waals surface area contributed by atoms with E-state index in [0.29, 0.717) is 6.61 Å². The minimum absolute atomic E-state index is 0.228. The van der Waals surface area contributed by atoms with E-state index >= 15 is 0 Å². The van der Waals surface area contributed by atoms with Crippen LogP contribution in [0.4, 0.5) is 0 Å². The summed E-state index contributed by atoms with van der Waals surface area (Å²) in [5.74, 6) is 1.85. The fourth-order valence-electron chi connectivity index (χ4n) is 1.81. The topological polar surface area (TPSA) is 34.4 Å². The second-order valence-electron chi connectivity index (χ2n) is 4.34. The summed E-state index contributed by atoms with van der Waals surface area (Å²) in [6.07, 6.45) is 0. The SMILES string of the molecule is CNC(C)c1ccc(-c2ccc(COC)cc2)o1. The Kier molecular flexibility index (Phi) is 4.18. The molecule has 0 aliphatic rings. The van der Waals surface area contributed by atoms with Gasteiger partial charge in [0.05, 0.1) is 12.6 Å². The highest BCUT2D eigenvalue weighted by Crippen LogP contribution is 2.25. The number of benzene rings is 1. The number of hydrogen-bond acceptors (Lipinski definition) is 3. The molecule has 2 aromatic rings. The quantitative estimate of drug-likeness (QED) is 0.877. The van der Waals surface area contributed by atoms with Gasteiger partial charge in [-0.3, -0.25) is 0 Å². The van der Waals surface area contributed by atoms with Crippen LogP contribution < -0.4 is 5.32 Å². The van der Waals surface area contributed by atoms with Gasteiger partial charge in [0.15, 0.2) is 0 Å². The first-order valence-electron chi connectivity index (χ1n) is 6.10. The number of ether oxygens (including phenoxy) is 1. The van der Waals surface area contributed by atoms with Gasteiger partial charge in [0, 0.05) is 12.7 Å². The molecule has 96 valence electrons. The van der Waals surface area contributed by atoms with E-state index in [2.05, 4.69) is 36.5 Å². The summed E-state index contributed by atoms with van der Waals surface area (Å²) in [5, 5.41) is 3.16. The summed E-state index contributed by atoms with van der Waals surface area (Å²) in [5.41, 5.74) is 2.25. The van der Waals surface area contributed by atoms with Gasteiger partial charge >= 0.3 is 0 Å². The first kappa shape index (κ1) is 12.9. The minimum Gasteiger partial charge on any atom is -0.459 e. The summed E-state index contributed by atoms with van der Waals surface area (Å²) in [6, 6.07) is 12.5. The normalized spacial score (nSPS) is 12.6. The van der Waals surface area contributed by atoms with Gasteiger partial charge in [0.2, 0.25) is 0 Å². The maximum Gasteiger partial charge on any atom is 0.134 e. The number of rotatable bonds is 5. The lowest BCUT2D eigenvalue weighted by Gasteiger charge is -2.06. The molecule has 0 radical (unpaired) electrons. The lowest BCUT2D eigenvalue weighted by atomic mass is 10.1. The van der Waals surface area contributed by atoms with Gasteiger partial charge in [-0.2, -0.15) is 0 Å². The predicted molar refractivity (Wildman–Crippen MR) is 72.3 cm³/mol. The Bertz CT molecular complexity index is 487.